The molecule has 1 aromatic carbocycles. The maximum Gasteiger partial charge on any atom is 0.0297 e. The lowest BCUT2D eigenvalue weighted by atomic mass is 9.96. The average molecular weight is 276 g/mol. The molecule has 0 bridgehead atoms. The minimum absolute atomic E-state index is 0.403. The van der Waals surface area contributed by atoms with Crippen molar-refractivity contribution in [3.05, 3.63) is 34.4 Å². The van der Waals surface area contributed by atoms with Crippen molar-refractivity contribution in [2.24, 2.45) is 0 Å². The van der Waals surface area contributed by atoms with E-state index in [-0.39, 0.29) is 0 Å². The van der Waals surface area contributed by atoms with E-state index in [1.54, 1.807) is 0 Å². The van der Waals surface area contributed by atoms with Gasteiger partial charge in [-0.25, -0.2) is 0 Å². The number of benzene rings is 1. The molecule has 2 unspecified atom stereocenters. The van der Waals surface area contributed by atoms with Crippen LogP contribution in [0.1, 0.15) is 56.0 Å². The van der Waals surface area contributed by atoms with E-state index in [9.17, 15) is 0 Å². The van der Waals surface area contributed by atoms with Crippen molar-refractivity contribution in [2.45, 2.75) is 60.5 Å². The molecule has 1 N–H and O–H groups in total. The standard InChI is InChI=1S/C18H32N2/c1-8-20(9-2)12-16(6)19-17(7)18-11-14(4)13(3)10-15(18)5/h10-11,16-17,19H,8-9,12H2,1-7H3. The summed E-state index contributed by atoms with van der Waals surface area (Å²) in [7, 11) is 0. The van der Waals surface area contributed by atoms with Crippen LogP contribution in [0, 0.1) is 20.8 Å². The number of nitrogens with zero attached hydrogens (tertiary/aromatic N) is 1. The zero-order valence-corrected chi connectivity index (χ0v) is 14.4. The highest BCUT2D eigenvalue weighted by molar-refractivity contribution is 5.38. The van der Waals surface area contributed by atoms with Crippen molar-refractivity contribution in [2.75, 3.05) is 19.6 Å². The molecule has 0 amide bonds. The van der Waals surface area contributed by atoms with Crippen LogP contribution >= 0.6 is 0 Å². The molecule has 0 heterocycles. The summed E-state index contributed by atoms with van der Waals surface area (Å²) in [5, 5.41) is 3.74. The van der Waals surface area contributed by atoms with Crippen LogP contribution in [0.5, 0.6) is 0 Å². The summed E-state index contributed by atoms with van der Waals surface area (Å²) in [5.74, 6) is 0. The quantitative estimate of drug-likeness (QED) is 0.810. The Morgan fingerprint density at radius 2 is 1.50 bits per heavy atom. The number of hydrogen-bond acceptors (Lipinski definition) is 2. The zero-order valence-electron chi connectivity index (χ0n) is 14.4. The highest BCUT2D eigenvalue weighted by atomic mass is 15.1. The summed E-state index contributed by atoms with van der Waals surface area (Å²) >= 11 is 0. The third-order valence-electron chi connectivity index (χ3n) is 4.31. The van der Waals surface area contributed by atoms with E-state index in [2.05, 4.69) is 70.8 Å². The second-order valence-electron chi connectivity index (χ2n) is 6.07. The molecule has 114 valence electrons. The molecule has 2 atom stereocenters. The van der Waals surface area contributed by atoms with Gasteiger partial charge in [-0.15, -0.1) is 0 Å². The molecule has 0 aliphatic heterocycles. The van der Waals surface area contributed by atoms with Gasteiger partial charge >= 0.3 is 0 Å². The van der Waals surface area contributed by atoms with Gasteiger partial charge in [-0.2, -0.15) is 0 Å². The molecular formula is C18H32N2. The second kappa shape index (κ2) is 7.80. The molecule has 0 aliphatic carbocycles. The van der Waals surface area contributed by atoms with E-state index in [0.29, 0.717) is 12.1 Å². The van der Waals surface area contributed by atoms with Crippen LogP contribution < -0.4 is 5.32 Å². The van der Waals surface area contributed by atoms with Gasteiger partial charge in [0, 0.05) is 18.6 Å². The monoisotopic (exact) mass is 276 g/mol. The topological polar surface area (TPSA) is 15.3 Å². The summed E-state index contributed by atoms with van der Waals surface area (Å²) in [6.07, 6.45) is 0. The molecule has 0 saturated heterocycles. The van der Waals surface area contributed by atoms with Crippen LogP contribution in [0.15, 0.2) is 12.1 Å². The van der Waals surface area contributed by atoms with Crippen LogP contribution in [-0.2, 0) is 0 Å². The van der Waals surface area contributed by atoms with Gasteiger partial charge in [-0.1, -0.05) is 26.0 Å². The van der Waals surface area contributed by atoms with Crippen molar-refractivity contribution in [1.82, 2.24) is 10.2 Å². The second-order valence-corrected chi connectivity index (χ2v) is 6.07. The summed E-state index contributed by atoms with van der Waals surface area (Å²) in [4.78, 5) is 2.47. The van der Waals surface area contributed by atoms with E-state index in [1.807, 2.05) is 0 Å². The highest BCUT2D eigenvalue weighted by Gasteiger charge is 2.14. The maximum absolute atomic E-state index is 3.74. The molecule has 0 aromatic heterocycles. The maximum atomic E-state index is 3.74. The van der Waals surface area contributed by atoms with Gasteiger partial charge in [-0.05, 0) is 70.0 Å². The fourth-order valence-electron chi connectivity index (χ4n) is 2.89. The van der Waals surface area contributed by atoms with Crippen LogP contribution in [-0.4, -0.2) is 30.6 Å². The Balaban J connectivity index is 2.71. The first kappa shape index (κ1) is 17.2. The summed E-state index contributed by atoms with van der Waals surface area (Å²) in [6, 6.07) is 5.55. The molecule has 2 heteroatoms. The Labute approximate surface area is 125 Å². The number of hydrogen-bond donors (Lipinski definition) is 1. The van der Waals surface area contributed by atoms with Crippen molar-refractivity contribution in [1.29, 1.82) is 0 Å². The Morgan fingerprint density at radius 3 is 2.05 bits per heavy atom. The minimum Gasteiger partial charge on any atom is -0.306 e. The van der Waals surface area contributed by atoms with E-state index >= 15 is 0 Å². The normalized spacial score (nSPS) is 14.6. The van der Waals surface area contributed by atoms with Crippen molar-refractivity contribution >= 4 is 0 Å². The lowest BCUT2D eigenvalue weighted by Crippen LogP contribution is -2.40. The predicted octanol–water partition coefficient (Wildman–Crippen LogP) is 3.99. The average Bonchev–Trinajstić information content (AvgIpc) is 2.39. The largest absolute Gasteiger partial charge is 0.306 e. The van der Waals surface area contributed by atoms with Gasteiger partial charge in [0.15, 0.2) is 0 Å². The first-order chi connectivity index (χ1) is 9.38. The van der Waals surface area contributed by atoms with Crippen LogP contribution in [0.2, 0.25) is 0 Å². The lowest BCUT2D eigenvalue weighted by molar-refractivity contribution is 0.263. The lowest BCUT2D eigenvalue weighted by Gasteiger charge is -2.27. The number of nitrogens with one attached hydrogen (secondary N) is 1. The van der Waals surface area contributed by atoms with Gasteiger partial charge in [0.2, 0.25) is 0 Å². The molecule has 0 fully saturated rings. The first-order valence-electron chi connectivity index (χ1n) is 7.95. The van der Waals surface area contributed by atoms with E-state index in [4.69, 9.17) is 0 Å². The van der Waals surface area contributed by atoms with Crippen LogP contribution in [0.4, 0.5) is 0 Å². The minimum atomic E-state index is 0.403. The van der Waals surface area contributed by atoms with Gasteiger partial charge in [0.05, 0.1) is 0 Å². The Hall–Kier alpha value is -0.860. The summed E-state index contributed by atoms with van der Waals surface area (Å²) in [6.45, 7) is 19.0. The van der Waals surface area contributed by atoms with E-state index in [0.717, 1.165) is 19.6 Å². The van der Waals surface area contributed by atoms with Crippen LogP contribution in [0.25, 0.3) is 0 Å². The van der Waals surface area contributed by atoms with Gasteiger partial charge in [0.1, 0.15) is 0 Å². The first-order valence-corrected chi connectivity index (χ1v) is 7.95. The summed E-state index contributed by atoms with van der Waals surface area (Å²) in [5.41, 5.74) is 5.59. The predicted molar refractivity (Wildman–Crippen MR) is 89.5 cm³/mol. The van der Waals surface area contributed by atoms with E-state index in [1.165, 1.54) is 22.3 Å². The fraction of sp³-hybridized carbons (Fsp3) is 0.667. The van der Waals surface area contributed by atoms with Crippen molar-refractivity contribution in [3.63, 3.8) is 0 Å². The molecule has 0 aliphatic rings. The molecule has 2 nitrogen and oxygen atoms in total. The van der Waals surface area contributed by atoms with Gasteiger partial charge in [0.25, 0.3) is 0 Å². The summed E-state index contributed by atoms with van der Waals surface area (Å²) < 4.78 is 0. The molecule has 0 radical (unpaired) electrons. The molecule has 1 rings (SSSR count). The van der Waals surface area contributed by atoms with E-state index < -0.39 is 0 Å². The molecule has 0 saturated carbocycles. The Kier molecular flexibility index (Phi) is 6.70. The number of aryl methyl sites for hydroxylation is 3. The number of likely N-dealkylation sites (N-methyl/N-ethyl adjacent to an activating group) is 1. The SMILES string of the molecule is CCN(CC)CC(C)NC(C)c1cc(C)c(C)cc1C. The van der Waals surface area contributed by atoms with Gasteiger partial charge < -0.3 is 10.2 Å². The zero-order chi connectivity index (χ0) is 15.3. The third-order valence-corrected chi connectivity index (χ3v) is 4.31. The Morgan fingerprint density at radius 1 is 0.950 bits per heavy atom. The molecule has 1 aromatic rings. The molecule has 20 heavy (non-hydrogen) atoms. The van der Waals surface area contributed by atoms with Crippen LogP contribution in [0.3, 0.4) is 0 Å². The third kappa shape index (κ3) is 4.60. The van der Waals surface area contributed by atoms with Crippen molar-refractivity contribution in [3.8, 4) is 0 Å². The molecule has 0 spiro atoms. The smallest absolute Gasteiger partial charge is 0.0297 e. The van der Waals surface area contributed by atoms with Gasteiger partial charge in [-0.3, -0.25) is 0 Å². The number of rotatable bonds is 7. The Bertz CT molecular complexity index is 422. The fourth-order valence-corrected chi connectivity index (χ4v) is 2.89. The highest BCUT2D eigenvalue weighted by Crippen LogP contribution is 2.22. The molecular weight excluding hydrogens is 244 g/mol. The van der Waals surface area contributed by atoms with Crippen molar-refractivity contribution < 1.29 is 0 Å².